The van der Waals surface area contributed by atoms with E-state index in [0.717, 1.165) is 25.7 Å². The van der Waals surface area contributed by atoms with Gasteiger partial charge in [0, 0.05) is 32.6 Å². The van der Waals surface area contributed by atoms with Crippen molar-refractivity contribution in [2.45, 2.75) is 51.0 Å². The zero-order valence-electron chi connectivity index (χ0n) is 7.09. The highest BCUT2D eigenvalue weighted by Gasteiger charge is 2.26. The van der Waals surface area contributed by atoms with Crippen LogP contribution in [0.1, 0.15) is 32.6 Å². The summed E-state index contributed by atoms with van der Waals surface area (Å²) >= 11 is 0. The third-order valence-electron chi connectivity index (χ3n) is 2.14. The van der Waals surface area contributed by atoms with Crippen LogP contribution < -0.4 is 5.73 Å². The third kappa shape index (κ3) is 3.18. The first-order valence-corrected chi connectivity index (χ1v) is 4.35. The molecule has 1 unspecified atom stereocenters. The first kappa shape index (κ1) is 8.97. The van der Waals surface area contributed by atoms with Gasteiger partial charge in [-0.05, 0) is 0 Å². The zero-order valence-corrected chi connectivity index (χ0v) is 7.09. The highest BCUT2D eigenvalue weighted by atomic mass is 16.5. The van der Waals surface area contributed by atoms with E-state index in [1.165, 1.54) is 0 Å². The molecule has 3 nitrogen and oxygen atoms in total. The summed E-state index contributed by atoms with van der Waals surface area (Å²) in [5.74, 6) is 0. The lowest BCUT2D eigenvalue weighted by Crippen LogP contribution is -2.34. The molecule has 0 bridgehead atoms. The van der Waals surface area contributed by atoms with E-state index < -0.39 is 0 Å². The van der Waals surface area contributed by atoms with Crippen LogP contribution in [0.15, 0.2) is 0 Å². The highest BCUT2D eigenvalue weighted by molar-refractivity contribution is 4.71. The largest absolute Gasteiger partial charge is 0.443 e. The van der Waals surface area contributed by atoms with Crippen molar-refractivity contribution in [1.82, 2.24) is 0 Å². The van der Waals surface area contributed by atoms with Gasteiger partial charge in [-0.2, -0.15) is 0 Å². The summed E-state index contributed by atoms with van der Waals surface area (Å²) in [5, 5.41) is 7.47. The fourth-order valence-electron chi connectivity index (χ4n) is 1.56. The van der Waals surface area contributed by atoms with E-state index in [1.54, 1.807) is 0 Å². The van der Waals surface area contributed by atoms with Crippen LogP contribution >= 0.6 is 0 Å². The quantitative estimate of drug-likeness (QED) is 0.444. The molecular weight excluding hydrogens is 142 g/mol. The molecule has 5 N–H and O–H groups in total. The molecule has 0 aliphatic heterocycles. The van der Waals surface area contributed by atoms with Gasteiger partial charge in [-0.1, -0.05) is 0 Å². The van der Waals surface area contributed by atoms with Crippen LogP contribution in [0.3, 0.4) is 0 Å². The second-order valence-corrected chi connectivity index (χ2v) is 3.40. The van der Waals surface area contributed by atoms with E-state index in [0.29, 0.717) is 6.10 Å². The maximum atomic E-state index is 7.47. The molecule has 1 fully saturated rings. The second-order valence-electron chi connectivity index (χ2n) is 3.40. The van der Waals surface area contributed by atoms with Gasteiger partial charge in [0.15, 0.2) is 12.2 Å². The van der Waals surface area contributed by atoms with Gasteiger partial charge in [0.25, 0.3) is 0 Å². The molecule has 0 radical (unpaired) electrons. The molecule has 1 rings (SSSR count). The van der Waals surface area contributed by atoms with E-state index in [1.807, 2.05) is 6.92 Å². The SMILES string of the molecule is CC(N)[OH+]C1CCC([OH2+])CC1. The number of hydrogen-bond donors (Lipinski definition) is 1. The van der Waals surface area contributed by atoms with Crippen LogP contribution in [0.5, 0.6) is 0 Å². The minimum absolute atomic E-state index is 0.0257. The Morgan fingerprint density at radius 3 is 2.36 bits per heavy atom. The summed E-state index contributed by atoms with van der Waals surface area (Å²) < 4.78 is 4.37. The van der Waals surface area contributed by atoms with Crippen LogP contribution in [0, 0.1) is 0 Å². The monoisotopic (exact) mass is 161 g/mol. The van der Waals surface area contributed by atoms with Crippen LogP contribution in [-0.2, 0) is 0 Å². The maximum absolute atomic E-state index is 7.47. The molecule has 0 aromatic carbocycles. The molecular formula is C8H19NO2+2. The Bertz CT molecular complexity index is 109. The van der Waals surface area contributed by atoms with E-state index in [4.69, 9.17) is 10.8 Å². The van der Waals surface area contributed by atoms with Crippen LogP contribution in [-0.4, -0.2) is 28.3 Å². The molecule has 0 spiro atoms. The topological polar surface area (TPSA) is 61.7 Å². The number of ether oxygens (including phenoxy) is 1. The van der Waals surface area contributed by atoms with Gasteiger partial charge >= 0.3 is 0 Å². The fraction of sp³-hybridized carbons (Fsp3) is 1.00. The maximum Gasteiger partial charge on any atom is 0.206 e. The van der Waals surface area contributed by atoms with Gasteiger partial charge in [-0.3, -0.25) is 5.73 Å². The van der Waals surface area contributed by atoms with Gasteiger partial charge in [0.05, 0.1) is 0 Å². The fourth-order valence-corrected chi connectivity index (χ4v) is 1.56. The second kappa shape index (κ2) is 4.04. The summed E-state index contributed by atoms with van der Waals surface area (Å²) in [4.78, 5) is 0. The number of nitrogens with two attached hydrogens (primary N) is 1. The Balaban J connectivity index is 2.17. The molecule has 0 aromatic heterocycles. The zero-order chi connectivity index (χ0) is 8.27. The molecule has 0 aromatic rings. The Morgan fingerprint density at radius 1 is 1.36 bits per heavy atom. The van der Waals surface area contributed by atoms with Gasteiger partial charge < -0.3 is 9.84 Å². The smallest absolute Gasteiger partial charge is 0.206 e. The van der Waals surface area contributed by atoms with Gasteiger partial charge in [-0.25, -0.2) is 0 Å². The lowest BCUT2D eigenvalue weighted by atomic mass is 9.95. The van der Waals surface area contributed by atoms with Crippen molar-refractivity contribution < 1.29 is 9.84 Å². The summed E-state index contributed by atoms with van der Waals surface area (Å²) in [7, 11) is 0. The molecule has 1 aliphatic rings. The van der Waals surface area contributed by atoms with Crippen LogP contribution in [0.4, 0.5) is 0 Å². The average Bonchev–Trinajstić information content (AvgIpc) is 1.93. The van der Waals surface area contributed by atoms with Gasteiger partial charge in [-0.15, -0.1) is 0 Å². The minimum Gasteiger partial charge on any atom is -0.443 e. The summed E-state index contributed by atoms with van der Waals surface area (Å²) in [6.07, 6.45) is 4.71. The van der Waals surface area contributed by atoms with Crippen molar-refractivity contribution in [3.05, 3.63) is 0 Å². The lowest BCUT2D eigenvalue weighted by molar-refractivity contribution is -0.168. The normalized spacial score (nSPS) is 35.2. The van der Waals surface area contributed by atoms with Gasteiger partial charge in [0.1, 0.15) is 0 Å². The molecule has 11 heavy (non-hydrogen) atoms. The van der Waals surface area contributed by atoms with Crippen molar-refractivity contribution >= 4 is 0 Å². The Hall–Kier alpha value is -0.120. The first-order valence-electron chi connectivity index (χ1n) is 4.35. The van der Waals surface area contributed by atoms with Gasteiger partial charge in [0.2, 0.25) is 6.23 Å². The number of hydrogen-bond acceptors (Lipinski definition) is 1. The summed E-state index contributed by atoms with van der Waals surface area (Å²) in [6.45, 7) is 1.91. The summed E-state index contributed by atoms with van der Waals surface area (Å²) in [6, 6.07) is 0. The predicted octanol–water partition coefficient (Wildman–Crippen LogP) is -0.145. The molecule has 1 atom stereocenters. The molecule has 3 heteroatoms. The molecule has 66 valence electrons. The van der Waals surface area contributed by atoms with E-state index in [9.17, 15) is 0 Å². The molecule has 1 aliphatic carbocycles. The lowest BCUT2D eigenvalue weighted by Gasteiger charge is -2.21. The van der Waals surface area contributed by atoms with E-state index in [2.05, 4.69) is 4.74 Å². The van der Waals surface area contributed by atoms with E-state index >= 15 is 0 Å². The third-order valence-corrected chi connectivity index (χ3v) is 2.14. The minimum atomic E-state index is -0.0257. The molecule has 1 saturated carbocycles. The summed E-state index contributed by atoms with van der Waals surface area (Å²) in [5.41, 5.74) is 5.54. The van der Waals surface area contributed by atoms with Crippen molar-refractivity contribution in [3.63, 3.8) is 0 Å². The molecule has 0 saturated heterocycles. The van der Waals surface area contributed by atoms with Crippen LogP contribution in [0.25, 0.3) is 0 Å². The van der Waals surface area contributed by atoms with Crippen molar-refractivity contribution in [2.75, 3.05) is 0 Å². The van der Waals surface area contributed by atoms with Crippen LogP contribution in [0.2, 0.25) is 0 Å². The Labute approximate surface area is 67.5 Å². The Morgan fingerprint density at radius 2 is 1.91 bits per heavy atom. The number of aliphatic hydroxyl groups is 2. The standard InChI is InChI=1S/C8H17NO2/c1-6(9)11-8-4-2-7(10)3-5-8/h6-8,10H,2-5,9H2,1H3/p+2. The van der Waals surface area contributed by atoms with Crippen molar-refractivity contribution in [3.8, 4) is 0 Å². The predicted molar refractivity (Wildman–Crippen MR) is 45.5 cm³/mol. The van der Waals surface area contributed by atoms with Crippen molar-refractivity contribution in [2.24, 2.45) is 5.73 Å². The first-order chi connectivity index (χ1) is 5.18. The average molecular weight is 161 g/mol. The highest BCUT2D eigenvalue weighted by Crippen LogP contribution is 2.19. The Kier molecular flexibility index (Phi) is 3.30. The van der Waals surface area contributed by atoms with E-state index in [-0.39, 0.29) is 12.3 Å². The molecule has 0 amide bonds. The number of rotatable bonds is 2. The molecule has 0 heterocycles. The van der Waals surface area contributed by atoms with Crippen molar-refractivity contribution in [1.29, 1.82) is 0 Å².